The smallest absolute Gasteiger partial charge is 0.143 e. The van der Waals surface area contributed by atoms with Crippen molar-refractivity contribution in [3.8, 4) is 55.6 Å². The largest absolute Gasteiger partial charge is 0.455 e. The zero-order chi connectivity index (χ0) is 35.4. The number of hydrogen-bond acceptors (Lipinski definition) is 1. The molecule has 0 aliphatic heterocycles. The van der Waals surface area contributed by atoms with Crippen LogP contribution in [0.15, 0.2) is 162 Å². The molecule has 260 valence electrons. The summed E-state index contributed by atoms with van der Waals surface area (Å²) >= 11 is 0. The summed E-state index contributed by atoms with van der Waals surface area (Å²) in [4.78, 5) is 0. The van der Waals surface area contributed by atoms with Gasteiger partial charge in [0.15, 0.2) is 0 Å². The average molecular weight is 695 g/mol. The van der Waals surface area contributed by atoms with Crippen LogP contribution in [0.3, 0.4) is 0 Å². The second-order valence-corrected chi connectivity index (χ2v) is 17.1. The SMILES string of the molecule is c1ccc(-c2cc(-c3ccccc3)cc(-c3cccc4c3oc3ccc(-c5ccc6c(c5)C(C57CC8CC(CC(C8)C5)C7)c5ccccc5-6)cc34)c2)cc1. The molecular weight excluding hydrogens is 653 g/mol. The van der Waals surface area contributed by atoms with Crippen LogP contribution in [0.2, 0.25) is 0 Å². The van der Waals surface area contributed by atoms with Gasteiger partial charge in [-0.3, -0.25) is 0 Å². The zero-order valence-corrected chi connectivity index (χ0v) is 30.5. The van der Waals surface area contributed by atoms with Crippen LogP contribution < -0.4 is 0 Å². The molecule has 4 saturated carbocycles. The molecule has 0 amide bonds. The van der Waals surface area contributed by atoms with Gasteiger partial charge in [-0.15, -0.1) is 0 Å². The Bertz CT molecular complexity index is 2660. The van der Waals surface area contributed by atoms with Crippen molar-refractivity contribution in [2.24, 2.45) is 23.2 Å². The van der Waals surface area contributed by atoms with E-state index in [2.05, 4.69) is 158 Å². The average Bonchev–Trinajstić information content (AvgIpc) is 3.76. The molecule has 1 nitrogen and oxygen atoms in total. The van der Waals surface area contributed by atoms with E-state index >= 15 is 0 Å². The van der Waals surface area contributed by atoms with Gasteiger partial charge >= 0.3 is 0 Å². The molecule has 0 radical (unpaired) electrons. The lowest BCUT2D eigenvalue weighted by Crippen LogP contribution is -2.48. The molecule has 5 aliphatic rings. The van der Waals surface area contributed by atoms with Crippen LogP contribution in [0.4, 0.5) is 0 Å². The number of benzene rings is 7. The van der Waals surface area contributed by atoms with Crippen molar-refractivity contribution >= 4 is 21.9 Å². The van der Waals surface area contributed by atoms with Crippen molar-refractivity contribution in [2.45, 2.75) is 44.4 Å². The summed E-state index contributed by atoms with van der Waals surface area (Å²) in [6, 6.07) is 58.6. The van der Waals surface area contributed by atoms with Crippen LogP contribution in [-0.4, -0.2) is 0 Å². The lowest BCUT2D eigenvalue weighted by atomic mass is 9.45. The second kappa shape index (κ2) is 11.7. The topological polar surface area (TPSA) is 13.1 Å². The first-order chi connectivity index (χ1) is 26.7. The number of para-hydroxylation sites is 1. The number of fused-ring (bicyclic) bond motifs is 6. The molecule has 1 unspecified atom stereocenters. The maximum atomic E-state index is 6.79. The van der Waals surface area contributed by atoms with Gasteiger partial charge in [-0.05, 0) is 159 Å². The molecule has 0 saturated heterocycles. The third-order valence-corrected chi connectivity index (χ3v) is 13.9. The van der Waals surface area contributed by atoms with Crippen LogP contribution in [0.25, 0.3) is 77.6 Å². The van der Waals surface area contributed by atoms with Gasteiger partial charge in [-0.25, -0.2) is 0 Å². The summed E-state index contributed by atoms with van der Waals surface area (Å²) in [5.41, 5.74) is 18.0. The summed E-state index contributed by atoms with van der Waals surface area (Å²) in [7, 11) is 0. The van der Waals surface area contributed by atoms with Crippen molar-refractivity contribution in [3.05, 3.63) is 169 Å². The van der Waals surface area contributed by atoms with E-state index in [-0.39, 0.29) is 0 Å². The summed E-state index contributed by atoms with van der Waals surface area (Å²) in [5, 5.41) is 2.34. The normalized spacial score (nSPS) is 23.6. The molecule has 7 aromatic carbocycles. The van der Waals surface area contributed by atoms with Crippen molar-refractivity contribution < 1.29 is 4.42 Å². The molecule has 1 atom stereocenters. The minimum absolute atomic E-state index is 0.411. The molecule has 13 rings (SSSR count). The van der Waals surface area contributed by atoms with E-state index in [0.717, 1.165) is 45.4 Å². The van der Waals surface area contributed by atoms with Gasteiger partial charge in [0.1, 0.15) is 11.2 Å². The molecule has 0 spiro atoms. The lowest BCUT2D eigenvalue weighted by Gasteiger charge is -2.59. The standard InChI is InChI=1S/C53H42O/c1-3-10-36(11-4-1)40-25-41(37-12-5-2-6-13-37)27-42(26-40)43-16-9-17-47-48-28-39(19-21-50(48)54-52(43)47)38-18-20-45-44-14-7-8-15-46(44)51(49(45)29-38)53-30-33-22-34(31-53)24-35(23-33)32-53/h1-21,25-29,33-35,51H,22-24,30-32H2. The van der Waals surface area contributed by atoms with Gasteiger partial charge in [0.05, 0.1) is 0 Å². The van der Waals surface area contributed by atoms with Gasteiger partial charge in [0.2, 0.25) is 0 Å². The quantitative estimate of drug-likeness (QED) is 0.175. The Morgan fingerprint density at radius 2 is 0.963 bits per heavy atom. The van der Waals surface area contributed by atoms with Gasteiger partial charge < -0.3 is 4.42 Å². The molecular formula is C53H42O. The molecule has 0 N–H and O–H groups in total. The van der Waals surface area contributed by atoms with Crippen LogP contribution in [0.1, 0.15) is 55.6 Å². The van der Waals surface area contributed by atoms with Crippen LogP contribution in [-0.2, 0) is 0 Å². The predicted octanol–water partition coefficient (Wildman–Crippen LogP) is 14.6. The summed E-state index contributed by atoms with van der Waals surface area (Å²) in [6.07, 6.45) is 8.68. The van der Waals surface area contributed by atoms with Crippen molar-refractivity contribution in [1.29, 1.82) is 0 Å². The molecule has 1 heterocycles. The summed E-state index contributed by atoms with van der Waals surface area (Å²) in [6.45, 7) is 0. The molecule has 1 aromatic heterocycles. The van der Waals surface area contributed by atoms with Gasteiger partial charge in [0, 0.05) is 22.3 Å². The minimum Gasteiger partial charge on any atom is -0.455 e. The van der Waals surface area contributed by atoms with E-state index in [0.29, 0.717) is 11.3 Å². The van der Waals surface area contributed by atoms with E-state index in [1.54, 1.807) is 11.1 Å². The number of hydrogen-bond donors (Lipinski definition) is 0. The maximum absolute atomic E-state index is 6.79. The lowest BCUT2D eigenvalue weighted by molar-refractivity contribution is -0.0612. The Labute approximate surface area is 317 Å². The highest BCUT2D eigenvalue weighted by Crippen LogP contribution is 2.68. The fourth-order valence-electron chi connectivity index (χ4n) is 12.2. The van der Waals surface area contributed by atoms with Gasteiger partial charge in [-0.1, -0.05) is 121 Å². The Kier molecular flexibility index (Phi) is 6.65. The third-order valence-electron chi connectivity index (χ3n) is 13.9. The van der Waals surface area contributed by atoms with Crippen molar-refractivity contribution in [3.63, 3.8) is 0 Å². The highest BCUT2D eigenvalue weighted by molar-refractivity contribution is 6.11. The Morgan fingerprint density at radius 3 is 1.67 bits per heavy atom. The molecule has 1 heteroatoms. The molecule has 54 heavy (non-hydrogen) atoms. The van der Waals surface area contributed by atoms with Gasteiger partial charge in [0.25, 0.3) is 0 Å². The van der Waals surface area contributed by atoms with E-state index in [9.17, 15) is 0 Å². The summed E-state index contributed by atoms with van der Waals surface area (Å²) in [5.74, 6) is 3.31. The van der Waals surface area contributed by atoms with E-state index < -0.39 is 0 Å². The second-order valence-electron chi connectivity index (χ2n) is 17.1. The minimum atomic E-state index is 0.411. The zero-order valence-electron chi connectivity index (χ0n) is 30.5. The van der Waals surface area contributed by atoms with Crippen LogP contribution >= 0.6 is 0 Å². The van der Waals surface area contributed by atoms with Crippen LogP contribution in [0, 0.1) is 23.2 Å². The Hall–Kier alpha value is -5.66. The highest BCUT2D eigenvalue weighted by atomic mass is 16.3. The van der Waals surface area contributed by atoms with Crippen molar-refractivity contribution in [1.82, 2.24) is 0 Å². The molecule has 4 bridgehead atoms. The summed E-state index contributed by atoms with van der Waals surface area (Å²) < 4.78 is 6.79. The first kappa shape index (κ1) is 30.8. The Morgan fingerprint density at radius 1 is 0.389 bits per heavy atom. The predicted molar refractivity (Wildman–Crippen MR) is 223 cm³/mol. The molecule has 8 aromatic rings. The first-order valence-electron chi connectivity index (χ1n) is 20.1. The first-order valence-corrected chi connectivity index (χ1v) is 20.1. The van der Waals surface area contributed by atoms with Crippen LogP contribution in [0.5, 0.6) is 0 Å². The maximum Gasteiger partial charge on any atom is 0.143 e. The third kappa shape index (κ3) is 4.70. The van der Waals surface area contributed by atoms with E-state index in [1.807, 2.05) is 0 Å². The molecule has 4 fully saturated rings. The van der Waals surface area contributed by atoms with E-state index in [1.165, 1.54) is 88.4 Å². The Balaban J connectivity index is 0.977. The van der Waals surface area contributed by atoms with Crippen molar-refractivity contribution in [2.75, 3.05) is 0 Å². The highest BCUT2D eigenvalue weighted by Gasteiger charge is 2.56. The van der Waals surface area contributed by atoms with E-state index in [4.69, 9.17) is 4.42 Å². The van der Waals surface area contributed by atoms with Gasteiger partial charge in [-0.2, -0.15) is 0 Å². The number of furan rings is 1. The fraction of sp³-hybridized carbons (Fsp3) is 0.208. The number of rotatable bonds is 5. The monoisotopic (exact) mass is 694 g/mol. The molecule has 5 aliphatic carbocycles. The fourth-order valence-corrected chi connectivity index (χ4v) is 12.2.